The number of morpholine rings is 1. The summed E-state index contributed by atoms with van der Waals surface area (Å²) in [4.78, 5) is 12.7. The number of hydrogen-bond acceptors (Lipinski definition) is 4. The number of ether oxygens (including phenoxy) is 1. The van der Waals surface area contributed by atoms with Gasteiger partial charge >= 0.3 is 0 Å². The molecule has 0 aromatic heterocycles. The Morgan fingerprint density at radius 2 is 1.93 bits per heavy atom. The summed E-state index contributed by atoms with van der Waals surface area (Å²) in [6.45, 7) is 3.02. The van der Waals surface area contributed by atoms with Gasteiger partial charge in [-0.05, 0) is 42.3 Å². The summed E-state index contributed by atoms with van der Waals surface area (Å²) in [5.41, 5.74) is 0.648. The van der Waals surface area contributed by atoms with Gasteiger partial charge in [-0.1, -0.05) is 24.6 Å². The van der Waals surface area contributed by atoms with Crippen LogP contribution >= 0.6 is 11.6 Å². The molecule has 28 heavy (non-hydrogen) atoms. The molecule has 1 N–H and O–H groups in total. The molecule has 1 heterocycles. The van der Waals surface area contributed by atoms with Crippen LogP contribution in [0.5, 0.6) is 0 Å². The molecule has 2 aromatic carbocycles. The molecular formula is C19H20ClFN2O4S. The van der Waals surface area contributed by atoms with Gasteiger partial charge in [0.15, 0.2) is 0 Å². The fourth-order valence-electron chi connectivity index (χ4n) is 2.94. The molecule has 1 saturated heterocycles. The van der Waals surface area contributed by atoms with Crippen molar-refractivity contribution < 1.29 is 22.3 Å². The Morgan fingerprint density at radius 3 is 2.61 bits per heavy atom. The summed E-state index contributed by atoms with van der Waals surface area (Å²) in [5.74, 6) is -1.26. The third kappa shape index (κ3) is 4.35. The highest BCUT2D eigenvalue weighted by atomic mass is 35.5. The van der Waals surface area contributed by atoms with E-state index in [-0.39, 0.29) is 34.3 Å². The first-order valence-electron chi connectivity index (χ1n) is 8.80. The standard InChI is InChI=1S/C19H20ClFN2O4S/c1-2-13-3-4-14(19(24)22-17-12-15(20)5-6-16(17)21)11-18(13)28(25,26)23-7-9-27-10-8-23/h3-6,11-12H,2,7-10H2,1H3,(H,22,24). The van der Waals surface area contributed by atoms with Gasteiger partial charge in [0.1, 0.15) is 5.82 Å². The summed E-state index contributed by atoms with van der Waals surface area (Å²) in [6.07, 6.45) is 0.490. The maximum Gasteiger partial charge on any atom is 0.255 e. The highest BCUT2D eigenvalue weighted by Crippen LogP contribution is 2.25. The van der Waals surface area contributed by atoms with Crippen LogP contribution in [-0.4, -0.2) is 44.9 Å². The lowest BCUT2D eigenvalue weighted by Crippen LogP contribution is -2.41. The zero-order valence-corrected chi connectivity index (χ0v) is 16.8. The molecule has 0 bridgehead atoms. The fraction of sp³-hybridized carbons (Fsp3) is 0.316. The third-order valence-corrected chi connectivity index (χ3v) is 6.69. The van der Waals surface area contributed by atoms with E-state index in [0.29, 0.717) is 25.2 Å². The van der Waals surface area contributed by atoms with Crippen LogP contribution in [-0.2, 0) is 21.2 Å². The van der Waals surface area contributed by atoms with E-state index in [4.69, 9.17) is 16.3 Å². The first-order chi connectivity index (χ1) is 13.3. The Hall–Kier alpha value is -2.00. The highest BCUT2D eigenvalue weighted by Gasteiger charge is 2.29. The Morgan fingerprint density at radius 1 is 1.21 bits per heavy atom. The molecule has 6 nitrogen and oxygen atoms in total. The molecule has 0 saturated carbocycles. The molecule has 0 atom stereocenters. The van der Waals surface area contributed by atoms with Gasteiger partial charge in [-0.15, -0.1) is 0 Å². The average molecular weight is 427 g/mol. The van der Waals surface area contributed by atoms with Crippen LogP contribution in [0.25, 0.3) is 0 Å². The second-order valence-electron chi connectivity index (χ2n) is 6.27. The van der Waals surface area contributed by atoms with E-state index >= 15 is 0 Å². The van der Waals surface area contributed by atoms with Gasteiger partial charge in [0.2, 0.25) is 10.0 Å². The van der Waals surface area contributed by atoms with Crippen LogP contribution in [0.2, 0.25) is 5.02 Å². The van der Waals surface area contributed by atoms with Crippen molar-refractivity contribution >= 4 is 33.2 Å². The molecule has 0 aliphatic carbocycles. The van der Waals surface area contributed by atoms with Gasteiger partial charge in [-0.3, -0.25) is 4.79 Å². The minimum absolute atomic E-state index is 0.0744. The van der Waals surface area contributed by atoms with Gasteiger partial charge in [0.25, 0.3) is 5.91 Å². The van der Waals surface area contributed by atoms with E-state index in [1.165, 1.54) is 28.6 Å². The minimum atomic E-state index is -3.77. The Kier molecular flexibility index (Phi) is 6.34. The lowest BCUT2D eigenvalue weighted by Gasteiger charge is -2.27. The van der Waals surface area contributed by atoms with Crippen molar-refractivity contribution in [2.75, 3.05) is 31.6 Å². The van der Waals surface area contributed by atoms with Crippen LogP contribution in [0, 0.1) is 5.82 Å². The SMILES string of the molecule is CCc1ccc(C(=O)Nc2cc(Cl)ccc2F)cc1S(=O)(=O)N1CCOCC1. The molecule has 0 spiro atoms. The lowest BCUT2D eigenvalue weighted by atomic mass is 10.1. The zero-order chi connectivity index (χ0) is 20.3. The van der Waals surface area contributed by atoms with E-state index < -0.39 is 21.7 Å². The maximum atomic E-state index is 13.9. The second-order valence-corrected chi connectivity index (χ2v) is 8.61. The van der Waals surface area contributed by atoms with E-state index in [1.54, 1.807) is 6.07 Å². The first kappa shape index (κ1) is 20.7. The van der Waals surface area contributed by atoms with Gasteiger partial charge in [-0.2, -0.15) is 4.31 Å². The lowest BCUT2D eigenvalue weighted by molar-refractivity contribution is 0.0730. The number of sulfonamides is 1. The smallest absolute Gasteiger partial charge is 0.255 e. The fourth-order valence-corrected chi connectivity index (χ4v) is 4.84. The topological polar surface area (TPSA) is 75.7 Å². The molecule has 3 rings (SSSR count). The van der Waals surface area contributed by atoms with Crippen molar-refractivity contribution in [1.82, 2.24) is 4.31 Å². The number of halogens is 2. The van der Waals surface area contributed by atoms with E-state index in [2.05, 4.69) is 5.32 Å². The molecule has 2 aromatic rings. The minimum Gasteiger partial charge on any atom is -0.379 e. The number of aryl methyl sites for hydroxylation is 1. The molecule has 0 unspecified atom stereocenters. The molecule has 1 fully saturated rings. The van der Waals surface area contributed by atoms with E-state index in [1.807, 2.05) is 6.92 Å². The van der Waals surface area contributed by atoms with Crippen molar-refractivity contribution in [3.63, 3.8) is 0 Å². The molecule has 9 heteroatoms. The second kappa shape index (κ2) is 8.57. The number of amides is 1. The largest absolute Gasteiger partial charge is 0.379 e. The summed E-state index contributed by atoms with van der Waals surface area (Å²) in [7, 11) is -3.77. The van der Waals surface area contributed by atoms with E-state index in [0.717, 1.165) is 6.07 Å². The van der Waals surface area contributed by atoms with Gasteiger partial charge in [0, 0.05) is 23.7 Å². The van der Waals surface area contributed by atoms with Crippen molar-refractivity contribution in [2.24, 2.45) is 0 Å². The molecule has 1 amide bonds. The van der Waals surface area contributed by atoms with Crippen LogP contribution < -0.4 is 5.32 Å². The van der Waals surface area contributed by atoms with Crippen LogP contribution in [0.1, 0.15) is 22.8 Å². The molecular weight excluding hydrogens is 407 g/mol. The normalized spacial score (nSPS) is 15.4. The monoisotopic (exact) mass is 426 g/mol. The quantitative estimate of drug-likeness (QED) is 0.795. The first-order valence-corrected chi connectivity index (χ1v) is 10.6. The van der Waals surface area contributed by atoms with Gasteiger partial charge in [0.05, 0.1) is 23.8 Å². The number of hydrogen-bond donors (Lipinski definition) is 1. The number of carbonyl (C=O) groups excluding carboxylic acids is 1. The number of rotatable bonds is 5. The van der Waals surface area contributed by atoms with Gasteiger partial charge < -0.3 is 10.1 Å². The number of carbonyl (C=O) groups is 1. The summed E-state index contributed by atoms with van der Waals surface area (Å²) < 4.78 is 46.6. The highest BCUT2D eigenvalue weighted by molar-refractivity contribution is 7.89. The van der Waals surface area contributed by atoms with Crippen LogP contribution in [0.3, 0.4) is 0 Å². The van der Waals surface area contributed by atoms with Crippen molar-refractivity contribution in [3.8, 4) is 0 Å². The maximum absolute atomic E-state index is 13.9. The molecule has 1 aliphatic rings. The van der Waals surface area contributed by atoms with Crippen molar-refractivity contribution in [1.29, 1.82) is 0 Å². The van der Waals surface area contributed by atoms with Crippen LogP contribution in [0.4, 0.5) is 10.1 Å². The summed E-state index contributed by atoms with van der Waals surface area (Å²) in [6, 6.07) is 8.27. The van der Waals surface area contributed by atoms with Crippen molar-refractivity contribution in [3.05, 3.63) is 58.4 Å². The molecule has 0 radical (unpaired) electrons. The van der Waals surface area contributed by atoms with Crippen LogP contribution in [0.15, 0.2) is 41.3 Å². The van der Waals surface area contributed by atoms with Crippen molar-refractivity contribution in [2.45, 2.75) is 18.2 Å². The Labute approximate surface area is 168 Å². The van der Waals surface area contributed by atoms with E-state index in [9.17, 15) is 17.6 Å². The number of anilines is 1. The third-order valence-electron chi connectivity index (χ3n) is 4.47. The predicted octanol–water partition coefficient (Wildman–Crippen LogP) is 3.31. The zero-order valence-electron chi connectivity index (χ0n) is 15.2. The molecule has 1 aliphatic heterocycles. The summed E-state index contributed by atoms with van der Waals surface area (Å²) in [5, 5.41) is 2.71. The molecule has 150 valence electrons. The number of nitrogens with zero attached hydrogens (tertiary/aromatic N) is 1. The number of benzene rings is 2. The summed E-state index contributed by atoms with van der Waals surface area (Å²) >= 11 is 5.84. The Balaban J connectivity index is 1.94. The van der Waals surface area contributed by atoms with Gasteiger partial charge in [-0.25, -0.2) is 12.8 Å². The average Bonchev–Trinajstić information content (AvgIpc) is 2.70. The number of nitrogens with one attached hydrogen (secondary N) is 1. The predicted molar refractivity (Wildman–Crippen MR) is 105 cm³/mol. The Bertz CT molecular complexity index is 991.